The van der Waals surface area contributed by atoms with Crippen LogP contribution in [0.4, 0.5) is 18.9 Å². The first-order chi connectivity index (χ1) is 12.0. The molecule has 1 N–H and O–H groups in total. The summed E-state index contributed by atoms with van der Waals surface area (Å²) in [5, 5.41) is 2.56. The minimum atomic E-state index is -4.58. The lowest BCUT2D eigenvalue weighted by atomic mass is 9.93. The van der Waals surface area contributed by atoms with E-state index in [2.05, 4.69) is 5.32 Å². The van der Waals surface area contributed by atoms with Crippen molar-refractivity contribution in [3.8, 4) is 5.75 Å². The fourth-order valence-corrected chi connectivity index (χ4v) is 2.70. The summed E-state index contributed by atoms with van der Waals surface area (Å²) in [6, 6.07) is 3.50. The van der Waals surface area contributed by atoms with E-state index in [1.807, 2.05) is 20.8 Å². The van der Waals surface area contributed by atoms with Gasteiger partial charge in [-0.05, 0) is 50.8 Å². The van der Waals surface area contributed by atoms with E-state index in [9.17, 15) is 18.0 Å². The number of anilines is 1. The van der Waals surface area contributed by atoms with Crippen LogP contribution in [-0.2, 0) is 15.7 Å². The zero-order chi connectivity index (χ0) is 20.0. The number of amides is 1. The topological polar surface area (TPSA) is 47.6 Å². The number of carbonyl (C=O) groups is 1. The quantitative estimate of drug-likeness (QED) is 0.639. The predicted octanol–water partition coefficient (Wildman–Crippen LogP) is 5.27. The lowest BCUT2D eigenvalue weighted by molar-refractivity contribution is -0.141. The van der Waals surface area contributed by atoms with Gasteiger partial charge < -0.3 is 14.8 Å². The maximum absolute atomic E-state index is 13.2. The highest BCUT2D eigenvalue weighted by molar-refractivity contribution is 5.97. The number of hydrogen-bond acceptors (Lipinski definition) is 3. The van der Waals surface area contributed by atoms with Crippen LogP contribution < -0.4 is 10.1 Å². The van der Waals surface area contributed by atoms with Gasteiger partial charge >= 0.3 is 6.18 Å². The molecule has 1 unspecified atom stereocenters. The summed E-state index contributed by atoms with van der Waals surface area (Å²) in [5.74, 6) is -0.532. The lowest BCUT2D eigenvalue weighted by Crippen LogP contribution is -2.44. The van der Waals surface area contributed by atoms with E-state index in [0.717, 1.165) is 12.5 Å². The van der Waals surface area contributed by atoms with Gasteiger partial charge in [0.1, 0.15) is 11.4 Å². The third-order valence-corrected chi connectivity index (χ3v) is 3.75. The molecular weight excluding hydrogens is 347 g/mol. The van der Waals surface area contributed by atoms with Crippen LogP contribution >= 0.6 is 0 Å². The molecule has 1 rings (SSSR count). The number of halogens is 3. The number of benzene rings is 1. The van der Waals surface area contributed by atoms with Gasteiger partial charge in [0.25, 0.3) is 5.91 Å². The molecule has 0 saturated carbocycles. The molecule has 0 fully saturated rings. The molecule has 0 spiro atoms. The number of alkyl halides is 3. The van der Waals surface area contributed by atoms with Crippen LogP contribution in [-0.4, -0.2) is 24.7 Å². The van der Waals surface area contributed by atoms with Crippen LogP contribution in [0.15, 0.2) is 18.2 Å². The first-order valence-electron chi connectivity index (χ1n) is 8.83. The van der Waals surface area contributed by atoms with Crippen molar-refractivity contribution in [2.45, 2.75) is 59.2 Å². The van der Waals surface area contributed by atoms with Crippen molar-refractivity contribution in [2.24, 2.45) is 5.92 Å². The van der Waals surface area contributed by atoms with Crippen LogP contribution in [0.5, 0.6) is 5.75 Å². The molecule has 26 heavy (non-hydrogen) atoms. The summed E-state index contributed by atoms with van der Waals surface area (Å²) in [6.07, 6.45) is -3.38. The van der Waals surface area contributed by atoms with Gasteiger partial charge in [0.15, 0.2) is 0 Å². The highest BCUT2D eigenvalue weighted by atomic mass is 19.4. The Morgan fingerprint density at radius 3 is 2.38 bits per heavy atom. The zero-order valence-electron chi connectivity index (χ0n) is 16.0. The third kappa shape index (κ3) is 6.20. The number of ether oxygens (including phenoxy) is 2. The Morgan fingerprint density at radius 2 is 1.88 bits per heavy atom. The highest BCUT2D eigenvalue weighted by Crippen LogP contribution is 2.38. The van der Waals surface area contributed by atoms with Gasteiger partial charge in [-0.15, -0.1) is 0 Å². The summed E-state index contributed by atoms with van der Waals surface area (Å²) in [4.78, 5) is 12.7. The van der Waals surface area contributed by atoms with E-state index >= 15 is 0 Å². The Morgan fingerprint density at radius 1 is 1.23 bits per heavy atom. The molecule has 0 aliphatic heterocycles. The van der Waals surface area contributed by atoms with E-state index in [-0.39, 0.29) is 24.0 Å². The molecule has 1 aromatic carbocycles. The van der Waals surface area contributed by atoms with Crippen LogP contribution in [0.3, 0.4) is 0 Å². The number of hydrogen-bond donors (Lipinski definition) is 1. The smallest absolute Gasteiger partial charge is 0.420 e. The second kappa shape index (κ2) is 9.26. The van der Waals surface area contributed by atoms with Crippen molar-refractivity contribution in [3.05, 3.63) is 23.8 Å². The predicted molar refractivity (Wildman–Crippen MR) is 95.3 cm³/mol. The molecule has 0 aromatic heterocycles. The standard InChI is InChI=1S/C19H28F3NO3/c1-6-10-26-18(5,12-13(3)4)17(24)23-14-8-9-16(25-7-2)15(11-14)19(20,21)22/h8-9,11,13H,6-7,10,12H2,1-5H3,(H,23,24). The molecule has 0 heterocycles. The first kappa shape index (κ1) is 22.3. The summed E-state index contributed by atoms with van der Waals surface area (Å²) in [6.45, 7) is 9.63. The molecule has 0 bridgehead atoms. The van der Waals surface area contributed by atoms with Crippen molar-refractivity contribution < 1.29 is 27.4 Å². The minimum Gasteiger partial charge on any atom is -0.493 e. The van der Waals surface area contributed by atoms with Crippen molar-refractivity contribution >= 4 is 11.6 Å². The van der Waals surface area contributed by atoms with E-state index in [0.29, 0.717) is 13.0 Å². The molecule has 1 aromatic rings. The molecular formula is C19H28F3NO3. The summed E-state index contributed by atoms with van der Waals surface area (Å²) >= 11 is 0. The van der Waals surface area contributed by atoms with Gasteiger partial charge in [0.05, 0.1) is 12.2 Å². The van der Waals surface area contributed by atoms with Gasteiger partial charge in [0, 0.05) is 12.3 Å². The minimum absolute atomic E-state index is 0.0563. The molecule has 148 valence electrons. The van der Waals surface area contributed by atoms with Crippen molar-refractivity contribution in [1.82, 2.24) is 0 Å². The zero-order valence-corrected chi connectivity index (χ0v) is 16.0. The van der Waals surface area contributed by atoms with Crippen molar-refractivity contribution in [3.63, 3.8) is 0 Å². The van der Waals surface area contributed by atoms with Gasteiger partial charge in [0.2, 0.25) is 0 Å². The highest BCUT2D eigenvalue weighted by Gasteiger charge is 2.37. The van der Waals surface area contributed by atoms with Crippen LogP contribution in [0.25, 0.3) is 0 Å². The normalized spacial score (nSPS) is 14.2. The Labute approximate surface area is 153 Å². The first-order valence-corrected chi connectivity index (χ1v) is 8.83. The molecule has 4 nitrogen and oxygen atoms in total. The van der Waals surface area contributed by atoms with Gasteiger partial charge in [-0.1, -0.05) is 20.8 Å². The maximum atomic E-state index is 13.2. The Bertz CT molecular complexity index is 602. The maximum Gasteiger partial charge on any atom is 0.420 e. The van der Waals surface area contributed by atoms with Crippen LogP contribution in [0.2, 0.25) is 0 Å². The lowest BCUT2D eigenvalue weighted by Gasteiger charge is -2.30. The largest absolute Gasteiger partial charge is 0.493 e. The average molecular weight is 375 g/mol. The van der Waals surface area contributed by atoms with Gasteiger partial charge in [-0.2, -0.15) is 13.2 Å². The second-order valence-corrected chi connectivity index (χ2v) is 6.77. The molecule has 0 saturated heterocycles. The van der Waals surface area contributed by atoms with E-state index in [4.69, 9.17) is 9.47 Å². The summed E-state index contributed by atoms with van der Waals surface area (Å²) < 4.78 is 50.5. The van der Waals surface area contributed by atoms with E-state index in [1.54, 1.807) is 13.8 Å². The number of rotatable bonds is 9. The molecule has 7 heteroatoms. The number of nitrogens with one attached hydrogen (secondary N) is 1. The van der Waals surface area contributed by atoms with Gasteiger partial charge in [-0.25, -0.2) is 0 Å². The van der Waals surface area contributed by atoms with Crippen molar-refractivity contribution in [1.29, 1.82) is 0 Å². The Balaban J connectivity index is 3.09. The fraction of sp³-hybridized carbons (Fsp3) is 0.632. The molecule has 0 aliphatic carbocycles. The van der Waals surface area contributed by atoms with E-state index in [1.165, 1.54) is 12.1 Å². The van der Waals surface area contributed by atoms with Gasteiger partial charge in [-0.3, -0.25) is 4.79 Å². The Kier molecular flexibility index (Phi) is 7.93. The summed E-state index contributed by atoms with van der Waals surface area (Å²) in [5.41, 5.74) is -1.97. The molecule has 0 radical (unpaired) electrons. The third-order valence-electron chi connectivity index (χ3n) is 3.75. The van der Waals surface area contributed by atoms with E-state index < -0.39 is 23.2 Å². The average Bonchev–Trinajstić information content (AvgIpc) is 2.53. The molecule has 1 atom stereocenters. The summed E-state index contributed by atoms with van der Waals surface area (Å²) in [7, 11) is 0. The SMILES string of the molecule is CCCOC(C)(CC(C)C)C(=O)Nc1ccc(OCC)c(C(F)(F)F)c1. The monoisotopic (exact) mass is 375 g/mol. The fourth-order valence-electron chi connectivity index (χ4n) is 2.70. The molecule has 0 aliphatic rings. The van der Waals surface area contributed by atoms with Crippen LogP contribution in [0, 0.1) is 5.92 Å². The number of carbonyl (C=O) groups excluding carboxylic acids is 1. The second-order valence-electron chi connectivity index (χ2n) is 6.77. The Hall–Kier alpha value is -1.76. The molecule has 1 amide bonds. The van der Waals surface area contributed by atoms with Crippen molar-refractivity contribution in [2.75, 3.05) is 18.5 Å². The van der Waals surface area contributed by atoms with Crippen LogP contribution in [0.1, 0.15) is 53.0 Å².